The zero-order chi connectivity index (χ0) is 18.7. The molecule has 0 spiro atoms. The molecule has 0 unspecified atom stereocenters. The summed E-state index contributed by atoms with van der Waals surface area (Å²) in [6, 6.07) is 7.74. The molecule has 1 aliphatic heterocycles. The molecule has 7 heteroatoms. The number of benzene rings is 1. The van der Waals surface area contributed by atoms with Crippen LogP contribution in [-0.4, -0.2) is 31.3 Å². The molecular weight excluding hydrogens is 362 g/mol. The first-order valence-electron chi connectivity index (χ1n) is 9.46. The third-order valence-corrected chi connectivity index (χ3v) is 6.63. The van der Waals surface area contributed by atoms with Gasteiger partial charge in [-0.1, -0.05) is 12.1 Å². The zero-order valence-electron chi connectivity index (χ0n) is 15.5. The Morgan fingerprint density at radius 3 is 2.85 bits per heavy atom. The second-order valence-corrected chi connectivity index (χ2v) is 8.26. The fourth-order valence-corrected chi connectivity index (χ4v) is 4.78. The standard InChI is InChI=1S/C20H25N3O3S/c1-25-16-5-2-4-15(12-16)20(8-3-9-20)23-18(24)22-19-21-13-17(27-19)14-6-10-26-11-7-14/h2,4-5,12-14H,3,6-11H2,1H3,(H2,21,22,23,24). The van der Waals surface area contributed by atoms with Crippen LogP contribution in [0.2, 0.25) is 0 Å². The van der Waals surface area contributed by atoms with Crippen LogP contribution in [0.3, 0.4) is 0 Å². The van der Waals surface area contributed by atoms with E-state index < -0.39 is 0 Å². The van der Waals surface area contributed by atoms with Crippen LogP contribution < -0.4 is 15.4 Å². The molecule has 4 rings (SSSR count). The molecular formula is C20H25N3O3S. The van der Waals surface area contributed by atoms with Crippen LogP contribution in [0.25, 0.3) is 0 Å². The second kappa shape index (κ2) is 7.86. The van der Waals surface area contributed by atoms with E-state index >= 15 is 0 Å². The van der Waals surface area contributed by atoms with E-state index in [1.165, 1.54) is 4.88 Å². The summed E-state index contributed by atoms with van der Waals surface area (Å²) < 4.78 is 10.8. The molecule has 0 atom stereocenters. The number of methoxy groups -OCH3 is 1. The quantitative estimate of drug-likeness (QED) is 0.805. The van der Waals surface area contributed by atoms with E-state index in [9.17, 15) is 4.79 Å². The van der Waals surface area contributed by atoms with Gasteiger partial charge in [0, 0.05) is 24.3 Å². The number of aromatic nitrogens is 1. The molecule has 1 aromatic carbocycles. The van der Waals surface area contributed by atoms with E-state index in [0.717, 1.165) is 56.6 Å². The van der Waals surface area contributed by atoms with Gasteiger partial charge in [0.05, 0.1) is 12.6 Å². The summed E-state index contributed by atoms with van der Waals surface area (Å²) in [6.07, 6.45) is 6.89. The highest BCUT2D eigenvalue weighted by Gasteiger charge is 2.40. The van der Waals surface area contributed by atoms with Gasteiger partial charge in [0.2, 0.25) is 0 Å². The molecule has 0 radical (unpaired) electrons. The van der Waals surface area contributed by atoms with Crippen molar-refractivity contribution in [3.63, 3.8) is 0 Å². The number of thiazole rings is 1. The Kier molecular flexibility index (Phi) is 5.31. The molecule has 144 valence electrons. The Labute approximate surface area is 163 Å². The van der Waals surface area contributed by atoms with E-state index in [0.29, 0.717) is 11.0 Å². The van der Waals surface area contributed by atoms with Crippen molar-refractivity contribution in [2.24, 2.45) is 0 Å². The molecule has 2 heterocycles. The molecule has 1 aliphatic carbocycles. The maximum Gasteiger partial charge on any atom is 0.321 e. The van der Waals surface area contributed by atoms with Gasteiger partial charge < -0.3 is 14.8 Å². The first-order chi connectivity index (χ1) is 13.2. The molecule has 1 saturated carbocycles. The predicted octanol–water partition coefficient (Wildman–Crippen LogP) is 4.25. The number of ether oxygens (including phenoxy) is 2. The van der Waals surface area contributed by atoms with Gasteiger partial charge in [-0.2, -0.15) is 0 Å². The van der Waals surface area contributed by atoms with Crippen molar-refractivity contribution in [1.29, 1.82) is 0 Å². The molecule has 6 nitrogen and oxygen atoms in total. The van der Waals surface area contributed by atoms with Crippen molar-refractivity contribution in [2.45, 2.75) is 43.6 Å². The van der Waals surface area contributed by atoms with Crippen molar-refractivity contribution in [2.75, 3.05) is 25.6 Å². The van der Waals surface area contributed by atoms with Crippen molar-refractivity contribution in [3.8, 4) is 5.75 Å². The maximum absolute atomic E-state index is 12.6. The molecule has 0 bridgehead atoms. The lowest BCUT2D eigenvalue weighted by Crippen LogP contribution is -2.52. The van der Waals surface area contributed by atoms with Crippen LogP contribution >= 0.6 is 11.3 Å². The molecule has 2 aromatic rings. The molecule has 2 aliphatic rings. The van der Waals surface area contributed by atoms with Crippen molar-refractivity contribution >= 4 is 22.5 Å². The van der Waals surface area contributed by atoms with Crippen LogP contribution in [0.5, 0.6) is 5.75 Å². The third kappa shape index (κ3) is 3.94. The van der Waals surface area contributed by atoms with Gasteiger partial charge in [-0.25, -0.2) is 9.78 Å². The van der Waals surface area contributed by atoms with Crippen molar-refractivity contribution in [1.82, 2.24) is 10.3 Å². The van der Waals surface area contributed by atoms with Gasteiger partial charge in [0.25, 0.3) is 0 Å². The highest BCUT2D eigenvalue weighted by Crippen LogP contribution is 2.42. The van der Waals surface area contributed by atoms with E-state index in [4.69, 9.17) is 9.47 Å². The number of amides is 2. The Morgan fingerprint density at radius 2 is 2.15 bits per heavy atom. The predicted molar refractivity (Wildman–Crippen MR) is 106 cm³/mol. The lowest BCUT2D eigenvalue weighted by molar-refractivity contribution is 0.0860. The summed E-state index contributed by atoms with van der Waals surface area (Å²) in [5.74, 6) is 1.30. The SMILES string of the molecule is COc1cccc(C2(NC(=O)Nc3ncc(C4CCOCC4)s3)CCC2)c1. The largest absolute Gasteiger partial charge is 0.497 e. The Morgan fingerprint density at radius 1 is 1.33 bits per heavy atom. The van der Waals surface area contributed by atoms with Gasteiger partial charge in [0.15, 0.2) is 5.13 Å². The molecule has 2 N–H and O–H groups in total. The number of urea groups is 1. The van der Waals surface area contributed by atoms with Crippen molar-refractivity contribution in [3.05, 3.63) is 40.9 Å². The monoisotopic (exact) mass is 387 g/mol. The van der Waals surface area contributed by atoms with Gasteiger partial charge in [-0.3, -0.25) is 5.32 Å². The summed E-state index contributed by atoms with van der Waals surface area (Å²) in [5.41, 5.74) is 0.768. The summed E-state index contributed by atoms with van der Waals surface area (Å²) in [7, 11) is 1.66. The summed E-state index contributed by atoms with van der Waals surface area (Å²) in [5, 5.41) is 6.74. The first kappa shape index (κ1) is 18.3. The lowest BCUT2D eigenvalue weighted by atomic mass is 9.72. The van der Waals surface area contributed by atoms with E-state index in [1.54, 1.807) is 18.4 Å². The Hall–Kier alpha value is -2.12. The minimum atomic E-state index is -0.320. The van der Waals surface area contributed by atoms with Crippen LogP contribution in [-0.2, 0) is 10.3 Å². The van der Waals surface area contributed by atoms with E-state index in [-0.39, 0.29) is 11.6 Å². The third-order valence-electron chi connectivity index (χ3n) is 5.55. The fourth-order valence-electron chi connectivity index (χ4n) is 3.80. The zero-order valence-corrected chi connectivity index (χ0v) is 16.3. The highest BCUT2D eigenvalue weighted by atomic mass is 32.1. The second-order valence-electron chi connectivity index (χ2n) is 7.20. The Balaban J connectivity index is 1.41. The van der Waals surface area contributed by atoms with Gasteiger partial charge >= 0.3 is 6.03 Å². The normalized spacial score (nSPS) is 19.1. The number of hydrogen-bond acceptors (Lipinski definition) is 5. The van der Waals surface area contributed by atoms with E-state index in [2.05, 4.69) is 21.7 Å². The topological polar surface area (TPSA) is 72.5 Å². The number of nitrogens with zero attached hydrogens (tertiary/aromatic N) is 1. The smallest absolute Gasteiger partial charge is 0.321 e. The Bertz CT molecular complexity index is 797. The average molecular weight is 388 g/mol. The first-order valence-corrected chi connectivity index (χ1v) is 10.3. The van der Waals surface area contributed by atoms with Crippen LogP contribution in [0.4, 0.5) is 9.93 Å². The lowest BCUT2D eigenvalue weighted by Gasteiger charge is -2.43. The molecule has 1 aromatic heterocycles. The van der Waals surface area contributed by atoms with Gasteiger partial charge in [0.1, 0.15) is 5.75 Å². The number of anilines is 1. The average Bonchev–Trinajstić information content (AvgIpc) is 3.14. The van der Waals surface area contributed by atoms with Crippen LogP contribution in [0.1, 0.15) is 48.5 Å². The van der Waals surface area contributed by atoms with Crippen LogP contribution in [0.15, 0.2) is 30.5 Å². The minimum absolute atomic E-state index is 0.203. The van der Waals surface area contributed by atoms with Gasteiger partial charge in [-0.05, 0) is 55.7 Å². The van der Waals surface area contributed by atoms with Gasteiger partial charge in [-0.15, -0.1) is 11.3 Å². The number of carbonyl (C=O) groups is 1. The highest BCUT2D eigenvalue weighted by molar-refractivity contribution is 7.15. The number of rotatable bonds is 5. The number of nitrogens with one attached hydrogen (secondary N) is 2. The minimum Gasteiger partial charge on any atom is -0.497 e. The number of carbonyl (C=O) groups excluding carboxylic acids is 1. The molecule has 2 fully saturated rings. The summed E-state index contributed by atoms with van der Waals surface area (Å²) in [4.78, 5) is 18.2. The molecule has 27 heavy (non-hydrogen) atoms. The summed E-state index contributed by atoms with van der Waals surface area (Å²) in [6.45, 7) is 1.60. The molecule has 1 saturated heterocycles. The van der Waals surface area contributed by atoms with Crippen molar-refractivity contribution < 1.29 is 14.3 Å². The maximum atomic E-state index is 12.6. The van der Waals surface area contributed by atoms with E-state index in [1.807, 2.05) is 24.4 Å². The molecule has 2 amide bonds. The summed E-state index contributed by atoms with van der Waals surface area (Å²) >= 11 is 1.56. The fraction of sp³-hybridized carbons (Fsp3) is 0.500. The number of hydrogen-bond donors (Lipinski definition) is 2. The van der Waals surface area contributed by atoms with Crippen LogP contribution in [0, 0.1) is 0 Å².